The number of amides is 2. The molecule has 11 heteroatoms. The van der Waals surface area contributed by atoms with Crippen LogP contribution in [0.3, 0.4) is 0 Å². The number of nitrogens with one attached hydrogen (secondary N) is 1. The molecule has 0 aliphatic carbocycles. The van der Waals surface area contributed by atoms with Crippen LogP contribution >= 0.6 is 0 Å². The normalized spacial score (nSPS) is 14.6. The molecule has 1 aliphatic heterocycles. The zero-order valence-corrected chi connectivity index (χ0v) is 20.3. The van der Waals surface area contributed by atoms with Crippen LogP contribution in [0.1, 0.15) is 32.7 Å². The molecule has 4 rings (SSSR count). The lowest BCUT2D eigenvalue weighted by molar-refractivity contribution is -0.384. The SMILES string of the molecule is Cc1ccccc1C(=O)NN1CC(C(=O)OCC(=O)c2ccc(Oc3ccc([N+](=O)[O-])cc3)cc2)CC1=O. The van der Waals surface area contributed by atoms with E-state index in [2.05, 4.69) is 5.43 Å². The molecule has 3 aromatic carbocycles. The summed E-state index contributed by atoms with van der Waals surface area (Å²) in [6.45, 7) is 1.21. The van der Waals surface area contributed by atoms with E-state index in [1.807, 2.05) is 0 Å². The molecule has 38 heavy (non-hydrogen) atoms. The predicted molar refractivity (Wildman–Crippen MR) is 133 cm³/mol. The Hall–Kier alpha value is -5.06. The van der Waals surface area contributed by atoms with Gasteiger partial charge in [0.05, 0.1) is 17.4 Å². The Labute approximate surface area is 217 Å². The summed E-state index contributed by atoms with van der Waals surface area (Å²) in [4.78, 5) is 60.0. The lowest BCUT2D eigenvalue weighted by atomic mass is 10.1. The Morgan fingerprint density at radius 2 is 1.63 bits per heavy atom. The van der Waals surface area contributed by atoms with Crippen LogP contribution in [0.4, 0.5) is 5.69 Å². The Morgan fingerprint density at radius 3 is 2.26 bits per heavy atom. The first kappa shape index (κ1) is 26.0. The largest absolute Gasteiger partial charge is 0.457 e. The third-order valence-corrected chi connectivity index (χ3v) is 5.89. The molecule has 194 valence electrons. The topological polar surface area (TPSA) is 145 Å². The third-order valence-electron chi connectivity index (χ3n) is 5.89. The predicted octanol–water partition coefficient (Wildman–Crippen LogP) is 3.61. The van der Waals surface area contributed by atoms with Crippen molar-refractivity contribution in [3.63, 3.8) is 0 Å². The molecular weight excluding hydrogens is 494 g/mol. The molecule has 1 unspecified atom stereocenters. The maximum absolute atomic E-state index is 12.5. The number of benzene rings is 3. The highest BCUT2D eigenvalue weighted by atomic mass is 16.6. The molecule has 2 amide bonds. The van der Waals surface area contributed by atoms with E-state index in [0.29, 0.717) is 17.1 Å². The molecular formula is C27H23N3O8. The number of aryl methyl sites for hydroxylation is 1. The number of nitro benzene ring substituents is 1. The van der Waals surface area contributed by atoms with Crippen molar-refractivity contribution in [1.29, 1.82) is 0 Å². The van der Waals surface area contributed by atoms with Gasteiger partial charge in [-0.3, -0.25) is 39.7 Å². The van der Waals surface area contributed by atoms with Crippen molar-refractivity contribution in [2.75, 3.05) is 13.2 Å². The Balaban J connectivity index is 1.26. The van der Waals surface area contributed by atoms with E-state index < -0.39 is 41.0 Å². The maximum Gasteiger partial charge on any atom is 0.311 e. The molecule has 1 fully saturated rings. The summed E-state index contributed by atoms with van der Waals surface area (Å²) in [5, 5.41) is 11.8. The van der Waals surface area contributed by atoms with E-state index in [1.165, 1.54) is 36.4 Å². The summed E-state index contributed by atoms with van der Waals surface area (Å²) < 4.78 is 10.7. The standard InChI is InChI=1S/C27H23N3O8/c1-17-4-2-3-5-23(17)26(33)28-29-15-19(14-25(29)32)27(34)37-16-24(31)18-6-10-21(11-7-18)38-22-12-8-20(9-13-22)30(35)36/h2-13,19H,14-16H2,1H3,(H,28,33). The lowest BCUT2D eigenvalue weighted by Crippen LogP contribution is -2.43. The number of hydrogen-bond acceptors (Lipinski definition) is 8. The summed E-state index contributed by atoms with van der Waals surface area (Å²) in [5.41, 5.74) is 3.91. The fourth-order valence-corrected chi connectivity index (χ4v) is 3.80. The summed E-state index contributed by atoms with van der Waals surface area (Å²) in [6, 6.07) is 18.6. The van der Waals surface area contributed by atoms with Crippen molar-refractivity contribution in [3.8, 4) is 11.5 Å². The molecule has 1 aliphatic rings. The monoisotopic (exact) mass is 517 g/mol. The van der Waals surface area contributed by atoms with E-state index in [0.717, 1.165) is 10.6 Å². The van der Waals surface area contributed by atoms with Gasteiger partial charge in [0.1, 0.15) is 11.5 Å². The number of Topliss-reactive ketones (excluding diaryl/α,β-unsaturated/α-hetero) is 1. The summed E-state index contributed by atoms with van der Waals surface area (Å²) in [6.07, 6.45) is -0.143. The minimum atomic E-state index is -0.815. The van der Waals surface area contributed by atoms with Crippen molar-refractivity contribution in [2.45, 2.75) is 13.3 Å². The Morgan fingerprint density at radius 1 is 1.00 bits per heavy atom. The Kier molecular flexibility index (Phi) is 7.76. The summed E-state index contributed by atoms with van der Waals surface area (Å²) in [7, 11) is 0. The minimum absolute atomic E-state index is 0.0574. The van der Waals surface area contributed by atoms with Crippen molar-refractivity contribution in [1.82, 2.24) is 10.4 Å². The second kappa shape index (κ2) is 11.3. The van der Waals surface area contributed by atoms with Gasteiger partial charge in [0.25, 0.3) is 11.6 Å². The number of nitro groups is 1. The van der Waals surface area contributed by atoms with Crippen LogP contribution in [0.25, 0.3) is 0 Å². The van der Waals surface area contributed by atoms with Crippen LogP contribution < -0.4 is 10.2 Å². The van der Waals surface area contributed by atoms with Gasteiger partial charge in [-0.05, 0) is 55.0 Å². The Bertz CT molecular complexity index is 1390. The molecule has 0 bridgehead atoms. The molecule has 11 nitrogen and oxygen atoms in total. The van der Waals surface area contributed by atoms with Gasteiger partial charge in [0.15, 0.2) is 12.4 Å². The number of hydrazine groups is 1. The van der Waals surface area contributed by atoms with Crippen molar-refractivity contribution in [2.24, 2.45) is 5.92 Å². The van der Waals surface area contributed by atoms with Gasteiger partial charge in [-0.1, -0.05) is 18.2 Å². The first-order valence-corrected chi connectivity index (χ1v) is 11.6. The molecule has 0 aromatic heterocycles. The van der Waals surface area contributed by atoms with Crippen molar-refractivity contribution >= 4 is 29.3 Å². The van der Waals surface area contributed by atoms with Crippen LogP contribution in [0.15, 0.2) is 72.8 Å². The smallest absolute Gasteiger partial charge is 0.311 e. The van der Waals surface area contributed by atoms with Gasteiger partial charge in [-0.15, -0.1) is 0 Å². The van der Waals surface area contributed by atoms with Gasteiger partial charge in [0, 0.05) is 29.7 Å². The van der Waals surface area contributed by atoms with Crippen LogP contribution in [0, 0.1) is 23.0 Å². The number of esters is 1. The average molecular weight is 517 g/mol. The molecule has 1 N–H and O–H groups in total. The van der Waals surface area contributed by atoms with E-state index >= 15 is 0 Å². The number of nitrogens with zero attached hydrogens (tertiary/aromatic N) is 2. The minimum Gasteiger partial charge on any atom is -0.457 e. The second-order valence-corrected chi connectivity index (χ2v) is 8.57. The first-order valence-electron chi connectivity index (χ1n) is 11.6. The second-order valence-electron chi connectivity index (χ2n) is 8.57. The fraction of sp³-hybridized carbons (Fsp3) is 0.185. The quantitative estimate of drug-likeness (QED) is 0.196. The van der Waals surface area contributed by atoms with Crippen LogP contribution in [-0.4, -0.2) is 46.7 Å². The maximum atomic E-state index is 12.5. The number of carbonyl (C=O) groups excluding carboxylic acids is 4. The van der Waals surface area contributed by atoms with Gasteiger partial charge < -0.3 is 9.47 Å². The number of carbonyl (C=O) groups is 4. The molecule has 3 aromatic rings. The van der Waals surface area contributed by atoms with Gasteiger partial charge in [-0.2, -0.15) is 0 Å². The van der Waals surface area contributed by atoms with E-state index in [-0.39, 0.29) is 24.2 Å². The highest BCUT2D eigenvalue weighted by Crippen LogP contribution is 2.24. The van der Waals surface area contributed by atoms with Crippen molar-refractivity contribution in [3.05, 3.63) is 99.6 Å². The molecule has 0 radical (unpaired) electrons. The molecule has 0 saturated carbocycles. The van der Waals surface area contributed by atoms with Crippen molar-refractivity contribution < 1.29 is 33.6 Å². The van der Waals surface area contributed by atoms with Crippen LogP contribution in [0.2, 0.25) is 0 Å². The molecule has 0 spiro atoms. The summed E-state index contributed by atoms with van der Waals surface area (Å²) >= 11 is 0. The van der Waals surface area contributed by atoms with E-state index in [9.17, 15) is 29.3 Å². The zero-order valence-electron chi connectivity index (χ0n) is 20.3. The average Bonchev–Trinajstić information content (AvgIpc) is 3.28. The van der Waals surface area contributed by atoms with Gasteiger partial charge in [-0.25, -0.2) is 0 Å². The van der Waals surface area contributed by atoms with Gasteiger partial charge >= 0.3 is 5.97 Å². The van der Waals surface area contributed by atoms with E-state index in [1.54, 1.807) is 43.3 Å². The molecule has 1 saturated heterocycles. The lowest BCUT2D eigenvalue weighted by Gasteiger charge is -2.18. The number of rotatable bonds is 9. The number of ether oxygens (including phenoxy) is 2. The first-order chi connectivity index (χ1) is 18.2. The van der Waals surface area contributed by atoms with Gasteiger partial charge in [0.2, 0.25) is 5.91 Å². The fourth-order valence-electron chi connectivity index (χ4n) is 3.80. The third kappa shape index (κ3) is 6.19. The summed E-state index contributed by atoms with van der Waals surface area (Å²) in [5.74, 6) is -2.06. The molecule has 1 atom stereocenters. The number of hydrogen-bond donors (Lipinski definition) is 1. The van der Waals surface area contributed by atoms with Crippen LogP contribution in [-0.2, 0) is 14.3 Å². The zero-order chi connectivity index (χ0) is 27.2. The van der Waals surface area contributed by atoms with Crippen LogP contribution in [0.5, 0.6) is 11.5 Å². The number of non-ortho nitro benzene ring substituents is 1. The molecule has 1 heterocycles. The highest BCUT2D eigenvalue weighted by molar-refractivity contribution is 5.99. The van der Waals surface area contributed by atoms with E-state index in [4.69, 9.17) is 9.47 Å². The number of ketones is 1. The highest BCUT2D eigenvalue weighted by Gasteiger charge is 2.37.